The lowest BCUT2D eigenvalue weighted by Crippen LogP contribution is -2.00. The van der Waals surface area contributed by atoms with E-state index in [1.807, 2.05) is 0 Å². The minimum absolute atomic E-state index is 0.693. The second-order valence-electron chi connectivity index (χ2n) is 3.49. The van der Waals surface area contributed by atoms with Crippen LogP contribution in [0.2, 0.25) is 6.04 Å². The molecule has 80 valence electrons. The number of alkyl halides is 3. The molecule has 0 aromatic rings. The number of unbranched alkanes of at least 4 members (excludes halogenated alkanes) is 5. The van der Waals surface area contributed by atoms with Crippen LogP contribution >= 0.6 is 34.8 Å². The van der Waals surface area contributed by atoms with Gasteiger partial charge >= 0.3 is 0 Å². The van der Waals surface area contributed by atoms with Crippen molar-refractivity contribution in [2.45, 2.75) is 54.8 Å². The van der Waals surface area contributed by atoms with Crippen molar-refractivity contribution in [3.63, 3.8) is 0 Å². The molecule has 0 nitrogen and oxygen atoms in total. The van der Waals surface area contributed by atoms with E-state index < -0.39 is 3.79 Å². The molecule has 0 amide bonds. The van der Waals surface area contributed by atoms with E-state index >= 15 is 0 Å². The molecular weight excluding hydrogens is 243 g/mol. The van der Waals surface area contributed by atoms with Gasteiger partial charge in [0.1, 0.15) is 0 Å². The molecule has 13 heavy (non-hydrogen) atoms. The number of hydrogen-bond acceptors (Lipinski definition) is 0. The van der Waals surface area contributed by atoms with Gasteiger partial charge in [0.05, 0.1) is 0 Å². The molecule has 0 N–H and O–H groups in total. The minimum Gasteiger partial charge on any atom is -0.0837 e. The highest BCUT2D eigenvalue weighted by Gasteiger charge is 2.17. The van der Waals surface area contributed by atoms with E-state index in [-0.39, 0.29) is 0 Å². The summed E-state index contributed by atoms with van der Waals surface area (Å²) in [5.74, 6) is 0. The zero-order chi connectivity index (χ0) is 10.2. The third-order valence-corrected chi connectivity index (χ3v) is 3.34. The van der Waals surface area contributed by atoms with Gasteiger partial charge in [-0.3, -0.25) is 0 Å². The number of rotatable bonds is 7. The number of hydrogen-bond donors (Lipinski definition) is 0. The first kappa shape index (κ1) is 14.1. The second-order valence-corrected chi connectivity index (χ2v) is 7.00. The molecule has 0 aromatic carbocycles. The molecule has 0 radical (unpaired) electrons. The lowest BCUT2D eigenvalue weighted by molar-refractivity contribution is 0.593. The summed E-state index contributed by atoms with van der Waals surface area (Å²) in [6, 6.07) is 1.44. The SMILES string of the molecule is [SiH3]CCCCCCCCC(Cl)(Cl)Cl. The van der Waals surface area contributed by atoms with Crippen molar-refractivity contribution in [3.05, 3.63) is 0 Å². The van der Waals surface area contributed by atoms with Gasteiger partial charge in [-0.2, -0.15) is 0 Å². The normalized spacial score (nSPS) is 12.2. The van der Waals surface area contributed by atoms with Gasteiger partial charge in [0.2, 0.25) is 0 Å². The summed E-state index contributed by atoms with van der Waals surface area (Å²) in [6.07, 6.45) is 8.38. The second kappa shape index (κ2) is 8.40. The molecule has 0 rings (SSSR count). The Balaban J connectivity index is 3.00. The first-order valence-corrected chi connectivity index (χ1v) is 7.68. The van der Waals surface area contributed by atoms with E-state index in [4.69, 9.17) is 34.8 Å². The molecule has 0 aliphatic rings. The fourth-order valence-electron chi connectivity index (χ4n) is 1.28. The maximum atomic E-state index is 5.63. The molecule has 0 atom stereocenters. The Kier molecular flexibility index (Phi) is 9.10. The van der Waals surface area contributed by atoms with Crippen molar-refractivity contribution >= 4 is 45.0 Å². The van der Waals surface area contributed by atoms with Gasteiger partial charge in [-0.25, -0.2) is 0 Å². The van der Waals surface area contributed by atoms with Crippen molar-refractivity contribution in [2.24, 2.45) is 0 Å². The monoisotopic (exact) mass is 260 g/mol. The Morgan fingerprint density at radius 2 is 1.23 bits per heavy atom. The summed E-state index contributed by atoms with van der Waals surface area (Å²) in [4.78, 5) is 0. The summed E-state index contributed by atoms with van der Waals surface area (Å²) in [6.45, 7) is 0. The van der Waals surface area contributed by atoms with Gasteiger partial charge in [-0.05, 0) is 12.8 Å². The average molecular weight is 262 g/mol. The molecule has 0 bridgehead atoms. The summed E-state index contributed by atoms with van der Waals surface area (Å²) in [5.41, 5.74) is 0. The highest BCUT2D eigenvalue weighted by molar-refractivity contribution is 6.67. The zero-order valence-corrected chi connectivity index (χ0v) is 12.6. The van der Waals surface area contributed by atoms with Crippen LogP contribution in [0.1, 0.15) is 44.9 Å². The van der Waals surface area contributed by atoms with Crippen LogP contribution in [-0.2, 0) is 0 Å². The first-order chi connectivity index (χ1) is 6.06. The van der Waals surface area contributed by atoms with Crippen molar-refractivity contribution in [1.82, 2.24) is 0 Å². The van der Waals surface area contributed by atoms with E-state index in [1.54, 1.807) is 0 Å². The van der Waals surface area contributed by atoms with Gasteiger partial charge in [-0.15, -0.1) is 0 Å². The van der Waals surface area contributed by atoms with Gasteiger partial charge in [0.25, 0.3) is 0 Å². The zero-order valence-electron chi connectivity index (χ0n) is 8.29. The third kappa shape index (κ3) is 13.1. The first-order valence-electron chi connectivity index (χ1n) is 5.13. The van der Waals surface area contributed by atoms with E-state index in [9.17, 15) is 0 Å². The fraction of sp³-hybridized carbons (Fsp3) is 1.00. The lowest BCUT2D eigenvalue weighted by Gasteiger charge is -2.09. The molecule has 0 saturated heterocycles. The van der Waals surface area contributed by atoms with Gasteiger partial charge in [-0.1, -0.05) is 73.0 Å². The smallest absolute Gasteiger partial charge is 0.0837 e. The molecule has 0 spiro atoms. The molecule has 4 heteroatoms. The maximum Gasteiger partial charge on any atom is 0.190 e. The largest absolute Gasteiger partial charge is 0.190 e. The molecule has 0 aromatic heterocycles. The number of halogens is 3. The molecule has 0 heterocycles. The van der Waals surface area contributed by atoms with E-state index in [0.717, 1.165) is 6.42 Å². The standard InChI is InChI=1S/C9H19Cl3Si/c10-9(11,12)7-5-3-1-2-4-6-8-13/h1-8H2,13H3. The van der Waals surface area contributed by atoms with Crippen molar-refractivity contribution in [3.8, 4) is 0 Å². The highest BCUT2D eigenvalue weighted by atomic mass is 35.6. The van der Waals surface area contributed by atoms with Crippen LogP contribution in [0.15, 0.2) is 0 Å². The van der Waals surface area contributed by atoms with E-state index in [1.165, 1.54) is 48.4 Å². The molecule has 0 aliphatic heterocycles. The topological polar surface area (TPSA) is 0 Å². The van der Waals surface area contributed by atoms with Crippen LogP contribution in [0.5, 0.6) is 0 Å². The van der Waals surface area contributed by atoms with Gasteiger partial charge < -0.3 is 0 Å². The van der Waals surface area contributed by atoms with Crippen LogP contribution in [0.4, 0.5) is 0 Å². The van der Waals surface area contributed by atoms with Crippen LogP contribution in [-0.4, -0.2) is 14.0 Å². The quantitative estimate of drug-likeness (QED) is 0.371. The highest BCUT2D eigenvalue weighted by Crippen LogP contribution is 2.32. The van der Waals surface area contributed by atoms with Crippen LogP contribution in [0.3, 0.4) is 0 Å². The molecule has 0 fully saturated rings. The van der Waals surface area contributed by atoms with Gasteiger partial charge in [0.15, 0.2) is 3.79 Å². The fourth-order valence-corrected chi connectivity index (χ4v) is 2.18. The Morgan fingerprint density at radius 1 is 0.769 bits per heavy atom. The predicted octanol–water partition coefficient (Wildman–Crippen LogP) is 3.87. The average Bonchev–Trinajstić information content (AvgIpc) is 2.01. The summed E-state index contributed by atoms with van der Waals surface area (Å²) >= 11 is 16.9. The van der Waals surface area contributed by atoms with Crippen molar-refractivity contribution < 1.29 is 0 Å². The van der Waals surface area contributed by atoms with E-state index in [0.29, 0.717) is 6.42 Å². The molecule has 0 unspecified atom stereocenters. The molecular formula is C9H19Cl3Si. The Bertz CT molecular complexity index is 112. The molecule has 0 aliphatic carbocycles. The Labute approximate surface area is 99.7 Å². The summed E-state index contributed by atoms with van der Waals surface area (Å²) in [5, 5.41) is 0. The van der Waals surface area contributed by atoms with Crippen LogP contribution < -0.4 is 0 Å². The molecule has 0 saturated carbocycles. The van der Waals surface area contributed by atoms with Crippen LogP contribution in [0, 0.1) is 0 Å². The Morgan fingerprint density at radius 3 is 1.69 bits per heavy atom. The predicted molar refractivity (Wildman–Crippen MR) is 67.4 cm³/mol. The Hall–Kier alpha value is 1.09. The third-order valence-electron chi connectivity index (χ3n) is 2.06. The van der Waals surface area contributed by atoms with Crippen molar-refractivity contribution in [1.29, 1.82) is 0 Å². The minimum atomic E-state index is -1.03. The van der Waals surface area contributed by atoms with Crippen LogP contribution in [0.25, 0.3) is 0 Å². The van der Waals surface area contributed by atoms with E-state index in [2.05, 4.69) is 0 Å². The lowest BCUT2D eigenvalue weighted by atomic mass is 10.1. The maximum absolute atomic E-state index is 5.63. The van der Waals surface area contributed by atoms with Crippen molar-refractivity contribution in [2.75, 3.05) is 0 Å². The summed E-state index contributed by atoms with van der Waals surface area (Å²) < 4.78 is -1.03. The van der Waals surface area contributed by atoms with Gasteiger partial charge in [0, 0.05) is 10.2 Å². The summed E-state index contributed by atoms with van der Waals surface area (Å²) in [7, 11) is 1.35.